The maximum Gasteiger partial charge on any atom is 0.416 e. The number of carbonyl (C=O) groups excluding carboxylic acids is 1. The molecular formula is C31H34F3NO5. The Morgan fingerprint density at radius 2 is 1.70 bits per heavy atom. The van der Waals surface area contributed by atoms with E-state index in [1.54, 1.807) is 31.3 Å². The molecule has 2 aromatic carbocycles. The summed E-state index contributed by atoms with van der Waals surface area (Å²) in [7, 11) is 1.56. The summed E-state index contributed by atoms with van der Waals surface area (Å²) in [6.45, 7) is 2.08. The Morgan fingerprint density at radius 1 is 1.05 bits per heavy atom. The van der Waals surface area contributed by atoms with Crippen molar-refractivity contribution in [3.05, 3.63) is 77.0 Å². The summed E-state index contributed by atoms with van der Waals surface area (Å²) < 4.78 is 51.9. The molecule has 1 aliphatic carbocycles. The minimum absolute atomic E-state index is 0.109. The van der Waals surface area contributed by atoms with Crippen LogP contribution in [0.1, 0.15) is 78.8 Å². The van der Waals surface area contributed by atoms with Gasteiger partial charge < -0.3 is 19.2 Å². The van der Waals surface area contributed by atoms with Crippen molar-refractivity contribution in [2.75, 3.05) is 13.6 Å². The van der Waals surface area contributed by atoms with Gasteiger partial charge >= 0.3 is 12.1 Å². The lowest BCUT2D eigenvalue weighted by molar-refractivity contribution is -0.138. The highest BCUT2D eigenvalue weighted by Crippen LogP contribution is 2.42. The van der Waals surface area contributed by atoms with Crippen LogP contribution in [0, 0.1) is 5.92 Å². The second-order valence-electron chi connectivity index (χ2n) is 10.2. The van der Waals surface area contributed by atoms with Gasteiger partial charge in [0.1, 0.15) is 23.4 Å². The molecule has 40 heavy (non-hydrogen) atoms. The summed E-state index contributed by atoms with van der Waals surface area (Å²) >= 11 is 0. The number of carboxylic acid groups (broad SMARTS) is 1. The molecule has 214 valence electrons. The molecule has 0 radical (unpaired) electrons. The van der Waals surface area contributed by atoms with Crippen LogP contribution in [0.2, 0.25) is 0 Å². The number of hydrogen-bond acceptors (Lipinski definition) is 4. The first-order valence-electron chi connectivity index (χ1n) is 13.6. The minimum Gasteiger partial charge on any atom is -0.485 e. The summed E-state index contributed by atoms with van der Waals surface area (Å²) in [5, 5.41) is 8.88. The monoisotopic (exact) mass is 557 g/mol. The first kappa shape index (κ1) is 29.2. The molecule has 1 aliphatic rings. The number of aryl methyl sites for hydroxylation is 1. The Kier molecular flexibility index (Phi) is 9.22. The van der Waals surface area contributed by atoms with Crippen molar-refractivity contribution in [1.29, 1.82) is 0 Å². The van der Waals surface area contributed by atoms with Crippen molar-refractivity contribution in [3.8, 4) is 17.1 Å². The number of nitrogens with zero attached hydrogens (tertiary/aromatic N) is 1. The molecule has 1 aromatic heterocycles. The third-order valence-corrected chi connectivity index (χ3v) is 7.42. The first-order chi connectivity index (χ1) is 19.1. The molecule has 1 fully saturated rings. The number of aliphatic carboxylic acids is 1. The zero-order chi connectivity index (χ0) is 28.9. The van der Waals surface area contributed by atoms with Gasteiger partial charge in [0.25, 0.3) is 5.91 Å². The summed E-state index contributed by atoms with van der Waals surface area (Å²) in [6, 6.07) is 13.6. The average Bonchev–Trinajstić information content (AvgIpc) is 3.39. The molecule has 1 heterocycles. The maximum atomic E-state index is 13.1. The molecule has 9 heteroatoms. The lowest BCUT2D eigenvalue weighted by Gasteiger charge is -2.31. The Labute approximate surface area is 231 Å². The van der Waals surface area contributed by atoms with Crippen LogP contribution in [-0.4, -0.2) is 35.5 Å². The minimum atomic E-state index is -4.41. The number of carboxylic acids is 1. The van der Waals surface area contributed by atoms with Gasteiger partial charge in [-0.15, -0.1) is 0 Å². The Bertz CT molecular complexity index is 1290. The van der Waals surface area contributed by atoms with Gasteiger partial charge in [0, 0.05) is 42.6 Å². The molecule has 1 unspecified atom stereocenters. The van der Waals surface area contributed by atoms with E-state index in [0.29, 0.717) is 29.1 Å². The van der Waals surface area contributed by atoms with Crippen LogP contribution in [0.3, 0.4) is 0 Å². The largest absolute Gasteiger partial charge is 0.485 e. The number of alkyl halides is 3. The van der Waals surface area contributed by atoms with E-state index < -0.39 is 17.7 Å². The first-order valence-corrected chi connectivity index (χ1v) is 13.6. The molecule has 1 atom stereocenters. The second-order valence-corrected chi connectivity index (χ2v) is 10.2. The number of ether oxygens (including phenoxy) is 1. The molecular weight excluding hydrogens is 523 g/mol. The van der Waals surface area contributed by atoms with Gasteiger partial charge in [-0.1, -0.05) is 38.3 Å². The van der Waals surface area contributed by atoms with Gasteiger partial charge in [-0.2, -0.15) is 13.2 Å². The van der Waals surface area contributed by atoms with Crippen molar-refractivity contribution in [2.45, 2.75) is 64.1 Å². The topological polar surface area (TPSA) is 80.0 Å². The number of halogens is 3. The van der Waals surface area contributed by atoms with E-state index in [2.05, 4.69) is 0 Å². The zero-order valence-electron chi connectivity index (χ0n) is 22.7. The predicted octanol–water partition coefficient (Wildman–Crippen LogP) is 7.77. The Balaban J connectivity index is 1.59. The van der Waals surface area contributed by atoms with E-state index in [1.807, 2.05) is 13.0 Å². The molecule has 1 saturated carbocycles. The quantitative estimate of drug-likeness (QED) is 0.275. The smallest absolute Gasteiger partial charge is 0.416 e. The number of furan rings is 1. The third-order valence-electron chi connectivity index (χ3n) is 7.42. The van der Waals surface area contributed by atoms with Crippen LogP contribution in [0.25, 0.3) is 11.3 Å². The lowest BCUT2D eigenvalue weighted by Crippen LogP contribution is -2.29. The molecule has 1 N–H and O–H groups in total. The van der Waals surface area contributed by atoms with Crippen molar-refractivity contribution in [1.82, 2.24) is 4.90 Å². The van der Waals surface area contributed by atoms with Gasteiger partial charge in [-0.25, -0.2) is 0 Å². The van der Waals surface area contributed by atoms with E-state index in [4.69, 9.17) is 14.3 Å². The number of amides is 1. The van der Waals surface area contributed by atoms with Crippen LogP contribution in [0.15, 0.2) is 59.0 Å². The number of benzene rings is 2. The SMILES string of the molecule is CCc1oc(-c2ccc(C(F)(F)F)cc2)cc1C(Oc1ccc(C(=O)N(C)CCC(=O)O)cc1)C1CCCCC1. The normalized spacial score (nSPS) is 15.0. The Morgan fingerprint density at radius 3 is 2.27 bits per heavy atom. The highest BCUT2D eigenvalue weighted by atomic mass is 19.4. The highest BCUT2D eigenvalue weighted by Gasteiger charge is 2.32. The standard InChI is InChI=1S/C31H34F3NO5/c1-3-26-25(19-27(40-26)20-9-13-23(14-10-20)31(32,33)34)29(21-7-5-4-6-8-21)39-24-15-11-22(12-16-24)30(38)35(2)18-17-28(36)37/h9-16,19,21,29H,3-8,17-18H2,1-2H3,(H,36,37). The molecule has 3 aromatic rings. The van der Waals surface area contributed by atoms with Gasteiger partial charge in [0.05, 0.1) is 12.0 Å². The fraction of sp³-hybridized carbons (Fsp3) is 0.419. The molecule has 1 amide bonds. The second kappa shape index (κ2) is 12.6. The molecule has 0 bridgehead atoms. The van der Waals surface area contributed by atoms with Crippen molar-refractivity contribution >= 4 is 11.9 Å². The summed E-state index contributed by atoms with van der Waals surface area (Å²) in [5.74, 6) is 0.804. The van der Waals surface area contributed by atoms with Crippen LogP contribution in [0.5, 0.6) is 5.75 Å². The zero-order valence-corrected chi connectivity index (χ0v) is 22.7. The van der Waals surface area contributed by atoms with Crippen molar-refractivity contribution in [3.63, 3.8) is 0 Å². The van der Waals surface area contributed by atoms with Gasteiger partial charge in [0.2, 0.25) is 0 Å². The predicted molar refractivity (Wildman–Crippen MR) is 144 cm³/mol. The number of carbonyl (C=O) groups is 2. The maximum absolute atomic E-state index is 13.1. The van der Waals surface area contributed by atoms with Crippen LogP contribution >= 0.6 is 0 Å². The van der Waals surface area contributed by atoms with Crippen LogP contribution in [-0.2, 0) is 17.4 Å². The molecule has 4 rings (SSSR count). The fourth-order valence-electron chi connectivity index (χ4n) is 5.18. The molecule has 6 nitrogen and oxygen atoms in total. The summed E-state index contributed by atoms with van der Waals surface area (Å²) in [4.78, 5) is 24.9. The summed E-state index contributed by atoms with van der Waals surface area (Å²) in [6.07, 6.45) is 1.05. The van der Waals surface area contributed by atoms with Crippen molar-refractivity contribution in [2.24, 2.45) is 5.92 Å². The van der Waals surface area contributed by atoms with Gasteiger partial charge in [-0.3, -0.25) is 9.59 Å². The number of hydrogen-bond donors (Lipinski definition) is 1. The number of rotatable bonds is 10. The Hall–Kier alpha value is -3.75. The van der Waals surface area contributed by atoms with Gasteiger partial charge in [0.15, 0.2) is 0 Å². The van der Waals surface area contributed by atoms with Crippen molar-refractivity contribution < 1.29 is 37.0 Å². The van der Waals surface area contributed by atoms with E-state index in [1.165, 1.54) is 17.0 Å². The van der Waals surface area contributed by atoms with E-state index >= 15 is 0 Å². The summed E-state index contributed by atoms with van der Waals surface area (Å²) in [5.41, 5.74) is 1.16. The molecule has 0 saturated heterocycles. The lowest BCUT2D eigenvalue weighted by atomic mass is 9.82. The third kappa shape index (κ3) is 7.06. The molecule has 0 aliphatic heterocycles. The van der Waals surface area contributed by atoms with Gasteiger partial charge in [-0.05, 0) is 55.3 Å². The van der Waals surface area contributed by atoms with Crippen LogP contribution in [0.4, 0.5) is 13.2 Å². The van der Waals surface area contributed by atoms with Crippen LogP contribution < -0.4 is 4.74 Å². The molecule has 0 spiro atoms. The van der Waals surface area contributed by atoms with E-state index in [0.717, 1.165) is 55.6 Å². The fourth-order valence-corrected chi connectivity index (χ4v) is 5.18. The van der Waals surface area contributed by atoms with E-state index in [-0.39, 0.29) is 30.9 Å². The average molecular weight is 558 g/mol. The highest BCUT2D eigenvalue weighted by molar-refractivity contribution is 5.94. The van der Waals surface area contributed by atoms with E-state index in [9.17, 15) is 22.8 Å².